The number of aromatic nitrogens is 3. The number of carbonyl (C=O) groups is 2. The first-order chi connectivity index (χ1) is 14.0. The molecule has 0 radical (unpaired) electrons. The molecule has 7 nitrogen and oxygen atoms in total. The van der Waals surface area contributed by atoms with Gasteiger partial charge in [-0.25, -0.2) is 0 Å². The van der Waals surface area contributed by atoms with E-state index in [2.05, 4.69) is 15.2 Å². The Morgan fingerprint density at radius 1 is 1.28 bits per heavy atom. The summed E-state index contributed by atoms with van der Waals surface area (Å²) in [6.45, 7) is 3.25. The summed E-state index contributed by atoms with van der Waals surface area (Å²) in [5, 5.41) is 7.58. The number of amides is 2. The van der Waals surface area contributed by atoms with Crippen molar-refractivity contribution in [3.8, 4) is 0 Å². The van der Waals surface area contributed by atoms with Gasteiger partial charge in [0.25, 0.3) is 5.91 Å². The highest BCUT2D eigenvalue weighted by Gasteiger charge is 2.29. The van der Waals surface area contributed by atoms with Crippen molar-refractivity contribution in [3.05, 3.63) is 59.5 Å². The Bertz CT molecular complexity index is 1030. The molecule has 0 bridgehead atoms. The molecule has 1 aliphatic heterocycles. The molecule has 3 heterocycles. The molecule has 1 aliphatic rings. The number of hydrogen-bond donors (Lipinski definition) is 1. The van der Waals surface area contributed by atoms with Gasteiger partial charge in [0.05, 0.1) is 18.1 Å². The zero-order valence-corrected chi connectivity index (χ0v) is 16.8. The summed E-state index contributed by atoms with van der Waals surface area (Å²) in [7, 11) is 1.83. The Balaban J connectivity index is 1.45. The summed E-state index contributed by atoms with van der Waals surface area (Å²) < 4.78 is 0. The van der Waals surface area contributed by atoms with E-state index >= 15 is 0 Å². The van der Waals surface area contributed by atoms with Crippen molar-refractivity contribution in [1.82, 2.24) is 25.0 Å². The van der Waals surface area contributed by atoms with Crippen LogP contribution < -0.4 is 0 Å². The molecule has 1 atom stereocenters. The number of likely N-dealkylation sites (tertiary alicyclic amines) is 1. The number of carbonyl (C=O) groups excluding carboxylic acids is 2. The molecule has 0 spiro atoms. The third-order valence-corrected chi connectivity index (χ3v) is 5.60. The number of rotatable bonds is 4. The van der Waals surface area contributed by atoms with Crippen LogP contribution in [-0.2, 0) is 11.2 Å². The molecule has 1 unspecified atom stereocenters. The van der Waals surface area contributed by atoms with Crippen LogP contribution in [0, 0.1) is 6.92 Å². The number of pyridine rings is 1. The summed E-state index contributed by atoms with van der Waals surface area (Å²) >= 11 is 0. The molecular formula is C22H25N5O2. The van der Waals surface area contributed by atoms with Crippen molar-refractivity contribution in [1.29, 1.82) is 0 Å². The number of H-pyrrole nitrogens is 1. The molecule has 150 valence electrons. The normalized spacial score (nSPS) is 16.8. The van der Waals surface area contributed by atoms with E-state index < -0.39 is 0 Å². The topological polar surface area (TPSA) is 82.2 Å². The molecule has 1 aromatic carbocycles. The summed E-state index contributed by atoms with van der Waals surface area (Å²) in [5.41, 5.74) is 3.36. The van der Waals surface area contributed by atoms with Crippen LogP contribution in [0.25, 0.3) is 10.9 Å². The standard InChI is InChI=1S/C22H25N5O2/c1-15-5-6-17-11-18(7-8-20(17)25-15)22(29)26(2)19-4-3-9-27(14-19)21(28)10-16-12-23-24-13-16/h5-8,11-13,19H,3-4,9-10,14H2,1-2H3,(H,23,24). The van der Waals surface area contributed by atoms with E-state index in [1.165, 1.54) is 0 Å². The smallest absolute Gasteiger partial charge is 0.253 e. The van der Waals surface area contributed by atoms with Gasteiger partial charge < -0.3 is 9.80 Å². The predicted octanol–water partition coefficient (Wildman–Crippen LogP) is 2.57. The molecule has 4 rings (SSSR count). The quantitative estimate of drug-likeness (QED) is 0.741. The van der Waals surface area contributed by atoms with Gasteiger partial charge in [0.1, 0.15) is 0 Å². The number of likely N-dealkylation sites (N-methyl/N-ethyl adjacent to an activating group) is 1. The number of hydrogen-bond acceptors (Lipinski definition) is 4. The third kappa shape index (κ3) is 4.13. The molecular weight excluding hydrogens is 366 g/mol. The number of fused-ring (bicyclic) bond motifs is 1. The van der Waals surface area contributed by atoms with E-state index in [0.29, 0.717) is 18.5 Å². The Kier molecular flexibility index (Phi) is 5.29. The second-order valence-corrected chi connectivity index (χ2v) is 7.70. The minimum atomic E-state index is -0.0263. The number of aryl methyl sites for hydroxylation is 1. The highest BCUT2D eigenvalue weighted by molar-refractivity contribution is 5.98. The van der Waals surface area contributed by atoms with Gasteiger partial charge in [0.15, 0.2) is 0 Å². The predicted molar refractivity (Wildman–Crippen MR) is 110 cm³/mol. The van der Waals surface area contributed by atoms with Gasteiger partial charge in [-0.2, -0.15) is 5.10 Å². The van der Waals surface area contributed by atoms with Gasteiger partial charge in [-0.05, 0) is 49.6 Å². The fourth-order valence-electron chi connectivity index (χ4n) is 3.89. The van der Waals surface area contributed by atoms with Gasteiger partial charge >= 0.3 is 0 Å². The van der Waals surface area contributed by atoms with E-state index in [4.69, 9.17) is 0 Å². The minimum Gasteiger partial charge on any atom is -0.340 e. The van der Waals surface area contributed by atoms with E-state index in [1.54, 1.807) is 17.3 Å². The Morgan fingerprint density at radius 3 is 2.93 bits per heavy atom. The van der Waals surface area contributed by atoms with Crippen LogP contribution in [0.1, 0.15) is 34.5 Å². The maximum Gasteiger partial charge on any atom is 0.253 e. The van der Waals surface area contributed by atoms with Gasteiger partial charge in [-0.1, -0.05) is 6.07 Å². The summed E-state index contributed by atoms with van der Waals surface area (Å²) in [4.78, 5) is 33.8. The van der Waals surface area contributed by atoms with E-state index in [1.807, 2.05) is 49.2 Å². The number of benzene rings is 1. The summed E-state index contributed by atoms with van der Waals surface area (Å²) in [6.07, 6.45) is 5.53. The zero-order valence-electron chi connectivity index (χ0n) is 16.8. The number of aromatic amines is 1. The van der Waals surface area contributed by atoms with Crippen LogP contribution in [0.4, 0.5) is 0 Å². The van der Waals surface area contributed by atoms with Gasteiger partial charge in [-0.3, -0.25) is 19.7 Å². The maximum atomic E-state index is 13.1. The molecule has 0 aliphatic carbocycles. The highest BCUT2D eigenvalue weighted by Crippen LogP contribution is 2.20. The molecule has 2 amide bonds. The van der Waals surface area contributed by atoms with Gasteiger partial charge in [0.2, 0.25) is 5.91 Å². The molecule has 3 aromatic rings. The van der Waals surface area contributed by atoms with Crippen LogP contribution in [0.3, 0.4) is 0 Å². The Morgan fingerprint density at radius 2 is 2.14 bits per heavy atom. The molecule has 2 aromatic heterocycles. The second kappa shape index (κ2) is 8.03. The number of piperidine rings is 1. The van der Waals surface area contributed by atoms with Crippen LogP contribution in [0.2, 0.25) is 0 Å². The lowest BCUT2D eigenvalue weighted by Gasteiger charge is -2.37. The van der Waals surface area contributed by atoms with Crippen LogP contribution >= 0.6 is 0 Å². The third-order valence-electron chi connectivity index (χ3n) is 5.60. The van der Waals surface area contributed by atoms with E-state index in [0.717, 1.165) is 41.5 Å². The van der Waals surface area contributed by atoms with Gasteiger partial charge in [-0.15, -0.1) is 0 Å². The molecule has 1 fully saturated rings. The number of nitrogens with one attached hydrogen (secondary N) is 1. The first-order valence-electron chi connectivity index (χ1n) is 9.91. The number of nitrogens with zero attached hydrogens (tertiary/aromatic N) is 4. The van der Waals surface area contributed by atoms with Crippen LogP contribution in [0.5, 0.6) is 0 Å². The van der Waals surface area contributed by atoms with Crippen molar-refractivity contribution >= 4 is 22.7 Å². The lowest BCUT2D eigenvalue weighted by atomic mass is 10.0. The maximum absolute atomic E-state index is 13.1. The minimum absolute atomic E-state index is 0.0105. The largest absolute Gasteiger partial charge is 0.340 e. The Hall–Kier alpha value is -3.22. The summed E-state index contributed by atoms with van der Waals surface area (Å²) in [6, 6.07) is 9.57. The lowest BCUT2D eigenvalue weighted by Crippen LogP contribution is -2.50. The fraction of sp³-hybridized carbons (Fsp3) is 0.364. The molecule has 29 heavy (non-hydrogen) atoms. The molecule has 7 heteroatoms. The average molecular weight is 391 g/mol. The SMILES string of the molecule is Cc1ccc2cc(C(=O)N(C)C3CCCN(C(=O)Cc4cn[nH]c4)C3)ccc2n1. The molecule has 0 saturated carbocycles. The van der Waals surface area contributed by atoms with Crippen molar-refractivity contribution in [2.45, 2.75) is 32.2 Å². The van der Waals surface area contributed by atoms with Crippen molar-refractivity contribution in [2.75, 3.05) is 20.1 Å². The first kappa shape index (κ1) is 19.1. The van der Waals surface area contributed by atoms with Crippen LogP contribution in [0.15, 0.2) is 42.7 Å². The van der Waals surface area contributed by atoms with E-state index in [9.17, 15) is 9.59 Å². The molecule has 1 saturated heterocycles. The zero-order chi connectivity index (χ0) is 20.4. The highest BCUT2D eigenvalue weighted by atomic mass is 16.2. The monoisotopic (exact) mass is 391 g/mol. The second-order valence-electron chi connectivity index (χ2n) is 7.70. The van der Waals surface area contributed by atoms with Crippen molar-refractivity contribution in [2.24, 2.45) is 0 Å². The summed E-state index contributed by atoms with van der Waals surface area (Å²) in [5.74, 6) is 0.0470. The van der Waals surface area contributed by atoms with Gasteiger partial charge in [0, 0.05) is 49.0 Å². The fourth-order valence-corrected chi connectivity index (χ4v) is 3.89. The van der Waals surface area contributed by atoms with E-state index in [-0.39, 0.29) is 17.9 Å². The lowest BCUT2D eigenvalue weighted by molar-refractivity contribution is -0.132. The molecule has 1 N–H and O–H groups in total. The average Bonchev–Trinajstić information content (AvgIpc) is 3.25. The van der Waals surface area contributed by atoms with Crippen LogP contribution in [-0.4, -0.2) is 63.0 Å². The Labute approximate surface area is 169 Å². The van der Waals surface area contributed by atoms with Crippen molar-refractivity contribution < 1.29 is 9.59 Å². The van der Waals surface area contributed by atoms with Crippen molar-refractivity contribution in [3.63, 3.8) is 0 Å². The first-order valence-corrected chi connectivity index (χ1v) is 9.91.